The lowest BCUT2D eigenvalue weighted by Crippen LogP contribution is -2.39. The van der Waals surface area contributed by atoms with Gasteiger partial charge in [0.15, 0.2) is 6.29 Å². The first-order chi connectivity index (χ1) is 15.1. The highest BCUT2D eigenvalue weighted by Crippen LogP contribution is 2.46. The first-order valence-electron chi connectivity index (χ1n) is 13.4. The molecule has 0 aromatic carbocycles. The number of hydrogen-bond acceptors (Lipinski definition) is 2. The van der Waals surface area contributed by atoms with Gasteiger partial charge in [-0.1, -0.05) is 32.6 Å². The molecule has 1 saturated heterocycles. The zero-order valence-corrected chi connectivity index (χ0v) is 19.6. The fourth-order valence-corrected chi connectivity index (χ4v) is 7.41. The number of ether oxygens (including phenoxy) is 2. The Bertz CT molecular complexity index is 544. The molecule has 178 valence electrons. The topological polar surface area (TPSA) is 18.5 Å². The minimum atomic E-state index is -1.63. The molecule has 0 aromatic rings. The molecule has 0 atom stereocenters. The lowest BCUT2D eigenvalue weighted by Gasteiger charge is -2.42. The predicted molar refractivity (Wildman–Crippen MR) is 121 cm³/mol. The first kappa shape index (κ1) is 23.7. The van der Waals surface area contributed by atoms with Crippen molar-refractivity contribution in [1.82, 2.24) is 0 Å². The summed E-state index contributed by atoms with van der Waals surface area (Å²) < 4.78 is 36.5. The summed E-state index contributed by atoms with van der Waals surface area (Å²) in [4.78, 5) is 0. The van der Waals surface area contributed by atoms with Gasteiger partial charge in [0.25, 0.3) is 6.08 Å². The summed E-state index contributed by atoms with van der Waals surface area (Å²) in [5.74, 6) is 5.03. The Balaban J connectivity index is 1.14. The highest BCUT2D eigenvalue weighted by Gasteiger charge is 2.37. The number of hydrogen-bond donors (Lipinski definition) is 0. The molecule has 31 heavy (non-hydrogen) atoms. The van der Waals surface area contributed by atoms with Crippen LogP contribution in [0.15, 0.2) is 12.2 Å². The molecule has 0 N–H and O–H groups in total. The Morgan fingerprint density at radius 1 is 0.677 bits per heavy atom. The molecular weight excluding hydrogens is 394 g/mol. The summed E-state index contributed by atoms with van der Waals surface area (Å²) >= 11 is 0. The lowest BCUT2D eigenvalue weighted by atomic mass is 9.65. The minimum Gasteiger partial charge on any atom is -0.352 e. The van der Waals surface area contributed by atoms with E-state index in [2.05, 4.69) is 6.92 Å². The zero-order chi connectivity index (χ0) is 21.6. The summed E-state index contributed by atoms with van der Waals surface area (Å²) in [6, 6.07) is 0. The van der Waals surface area contributed by atoms with Gasteiger partial charge in [0.1, 0.15) is 0 Å². The van der Waals surface area contributed by atoms with E-state index in [-0.39, 0.29) is 12.2 Å². The van der Waals surface area contributed by atoms with Gasteiger partial charge in [0.05, 0.1) is 13.2 Å². The van der Waals surface area contributed by atoms with Crippen LogP contribution in [0.25, 0.3) is 0 Å². The van der Waals surface area contributed by atoms with Crippen LogP contribution < -0.4 is 0 Å². The standard InChI is InChI=1S/C27H44F2O2/c1-2-3-19-4-6-21(7-5-19)22-8-10-23(11-9-22)24-12-14-25(15-13-24)27-30-17-20(18-31-27)16-26(28)29/h16,19-25,27H,2-15,17-18H2,1H3. The molecule has 2 nitrogen and oxygen atoms in total. The van der Waals surface area contributed by atoms with Crippen molar-refractivity contribution in [3.05, 3.63) is 12.2 Å². The van der Waals surface area contributed by atoms with Crippen LogP contribution in [0.2, 0.25) is 0 Å². The molecule has 4 rings (SSSR count). The van der Waals surface area contributed by atoms with Gasteiger partial charge in [-0.15, -0.1) is 0 Å². The summed E-state index contributed by atoms with van der Waals surface area (Å²) in [7, 11) is 0. The van der Waals surface area contributed by atoms with Crippen molar-refractivity contribution in [2.45, 2.75) is 103 Å². The van der Waals surface area contributed by atoms with Crippen molar-refractivity contribution in [3.63, 3.8) is 0 Å². The normalized spacial score (nSPS) is 42.2. The molecule has 3 aliphatic carbocycles. The van der Waals surface area contributed by atoms with Gasteiger partial charge in [-0.3, -0.25) is 0 Å². The SMILES string of the molecule is CCCC1CCC(C2CCC(C3CCC(C4OCC(C=C(F)F)CO4)CC3)CC2)CC1. The average molecular weight is 439 g/mol. The zero-order valence-electron chi connectivity index (χ0n) is 19.6. The van der Waals surface area contributed by atoms with Gasteiger partial charge in [-0.25, -0.2) is 0 Å². The summed E-state index contributed by atoms with van der Waals surface area (Å²) in [6.07, 6.45) is 18.8. The summed E-state index contributed by atoms with van der Waals surface area (Å²) in [5, 5.41) is 0. The average Bonchev–Trinajstić information content (AvgIpc) is 2.80. The molecule has 0 unspecified atom stereocenters. The maximum Gasteiger partial charge on any atom is 0.266 e. The highest BCUT2D eigenvalue weighted by atomic mass is 19.3. The van der Waals surface area contributed by atoms with Crippen molar-refractivity contribution < 1.29 is 18.3 Å². The largest absolute Gasteiger partial charge is 0.352 e. The van der Waals surface area contributed by atoms with E-state index in [1.807, 2.05) is 0 Å². The van der Waals surface area contributed by atoms with Crippen LogP contribution in [0.4, 0.5) is 8.78 Å². The third-order valence-electron chi connectivity index (χ3n) is 9.25. The molecule has 0 aromatic heterocycles. The smallest absolute Gasteiger partial charge is 0.266 e. The molecule has 4 fully saturated rings. The van der Waals surface area contributed by atoms with E-state index in [0.29, 0.717) is 19.1 Å². The van der Waals surface area contributed by atoms with E-state index in [1.54, 1.807) is 0 Å². The van der Waals surface area contributed by atoms with E-state index in [9.17, 15) is 8.78 Å². The number of halogens is 2. The fraction of sp³-hybridized carbons (Fsp3) is 0.926. The Morgan fingerprint density at radius 2 is 1.10 bits per heavy atom. The van der Waals surface area contributed by atoms with Gasteiger partial charge in [-0.2, -0.15) is 8.78 Å². The predicted octanol–water partition coefficient (Wildman–Crippen LogP) is 7.98. The van der Waals surface area contributed by atoms with E-state index < -0.39 is 6.08 Å². The van der Waals surface area contributed by atoms with Crippen molar-refractivity contribution in [2.75, 3.05) is 13.2 Å². The van der Waals surface area contributed by atoms with Gasteiger partial charge in [0, 0.05) is 11.8 Å². The summed E-state index contributed by atoms with van der Waals surface area (Å²) in [5.41, 5.74) is 0. The number of rotatable bonds is 6. The second kappa shape index (κ2) is 11.6. The van der Waals surface area contributed by atoms with Gasteiger partial charge >= 0.3 is 0 Å². The van der Waals surface area contributed by atoms with E-state index in [4.69, 9.17) is 9.47 Å². The van der Waals surface area contributed by atoms with Gasteiger partial charge in [0.2, 0.25) is 0 Å². The Kier molecular flexibility index (Phi) is 8.85. The fourth-order valence-electron chi connectivity index (χ4n) is 7.41. The molecule has 1 heterocycles. The summed E-state index contributed by atoms with van der Waals surface area (Å²) in [6.45, 7) is 3.07. The highest BCUT2D eigenvalue weighted by molar-refractivity contribution is 4.90. The quantitative estimate of drug-likeness (QED) is 0.418. The molecule has 4 aliphatic rings. The van der Waals surface area contributed by atoms with Crippen molar-refractivity contribution in [2.24, 2.45) is 41.4 Å². The van der Waals surface area contributed by atoms with Crippen LogP contribution in [0.3, 0.4) is 0 Å². The molecule has 3 saturated carbocycles. The van der Waals surface area contributed by atoms with E-state index in [0.717, 1.165) is 35.7 Å². The molecule has 0 spiro atoms. The first-order valence-corrected chi connectivity index (χ1v) is 13.4. The van der Waals surface area contributed by atoms with Gasteiger partial charge in [-0.05, 0) is 99.9 Å². The molecule has 0 radical (unpaired) electrons. The maximum absolute atomic E-state index is 12.4. The Hall–Kier alpha value is -0.480. The van der Waals surface area contributed by atoms with Crippen LogP contribution in [-0.2, 0) is 9.47 Å². The maximum atomic E-state index is 12.4. The third kappa shape index (κ3) is 6.53. The van der Waals surface area contributed by atoms with E-state index in [1.165, 1.54) is 89.9 Å². The molecule has 0 amide bonds. The van der Waals surface area contributed by atoms with Crippen LogP contribution in [0, 0.1) is 41.4 Å². The van der Waals surface area contributed by atoms with Crippen LogP contribution in [0.5, 0.6) is 0 Å². The van der Waals surface area contributed by atoms with Crippen molar-refractivity contribution in [3.8, 4) is 0 Å². The molecule has 1 aliphatic heterocycles. The molecule has 0 bridgehead atoms. The third-order valence-corrected chi connectivity index (χ3v) is 9.25. The van der Waals surface area contributed by atoms with Crippen LogP contribution in [0.1, 0.15) is 96.8 Å². The molecular formula is C27H44F2O2. The van der Waals surface area contributed by atoms with Crippen molar-refractivity contribution in [1.29, 1.82) is 0 Å². The molecule has 4 heteroatoms. The van der Waals surface area contributed by atoms with Gasteiger partial charge < -0.3 is 9.47 Å². The Morgan fingerprint density at radius 3 is 1.52 bits per heavy atom. The van der Waals surface area contributed by atoms with E-state index >= 15 is 0 Å². The minimum absolute atomic E-state index is 0.174. The monoisotopic (exact) mass is 438 g/mol. The van der Waals surface area contributed by atoms with Crippen LogP contribution >= 0.6 is 0 Å². The second-order valence-corrected chi connectivity index (χ2v) is 11.2. The van der Waals surface area contributed by atoms with Crippen LogP contribution in [-0.4, -0.2) is 19.5 Å². The van der Waals surface area contributed by atoms with Crippen molar-refractivity contribution >= 4 is 0 Å². The Labute approximate surface area is 188 Å². The lowest BCUT2D eigenvalue weighted by molar-refractivity contribution is -0.223. The second-order valence-electron chi connectivity index (χ2n) is 11.2.